The molecule has 0 unspecified atom stereocenters. The second-order valence-corrected chi connectivity index (χ2v) is 4.92. The number of anilines is 1. The van der Waals surface area contributed by atoms with Gasteiger partial charge in [-0.3, -0.25) is 0 Å². The van der Waals surface area contributed by atoms with Gasteiger partial charge in [0.15, 0.2) is 5.13 Å². The van der Waals surface area contributed by atoms with Gasteiger partial charge in [-0.15, -0.1) is 0 Å². The van der Waals surface area contributed by atoms with Crippen LogP contribution in [0, 0.1) is 0 Å². The number of aromatic nitrogens is 1. The van der Waals surface area contributed by atoms with E-state index in [4.69, 9.17) is 5.73 Å². The van der Waals surface area contributed by atoms with E-state index in [0.29, 0.717) is 5.13 Å². The minimum absolute atomic E-state index is 0.636. The Labute approximate surface area is 93.4 Å². The van der Waals surface area contributed by atoms with E-state index in [0.717, 1.165) is 10.2 Å². The lowest BCUT2D eigenvalue weighted by Crippen LogP contribution is -1.82. The van der Waals surface area contributed by atoms with Crippen molar-refractivity contribution >= 4 is 32.3 Å². The molecule has 0 amide bonds. The van der Waals surface area contributed by atoms with Crippen molar-refractivity contribution in [2.24, 2.45) is 0 Å². The first kappa shape index (κ1) is 10.2. The van der Waals surface area contributed by atoms with Crippen LogP contribution in [0.4, 0.5) is 5.13 Å². The van der Waals surface area contributed by atoms with Crippen LogP contribution in [-0.2, 0) is 0 Å². The van der Waals surface area contributed by atoms with Crippen LogP contribution in [0.15, 0.2) is 23.8 Å². The van der Waals surface area contributed by atoms with Crippen LogP contribution in [0.2, 0.25) is 0 Å². The molecule has 0 saturated heterocycles. The number of thiazole rings is 1. The van der Waals surface area contributed by atoms with E-state index in [-0.39, 0.29) is 0 Å². The fourth-order valence-corrected chi connectivity index (χ4v) is 2.24. The van der Waals surface area contributed by atoms with E-state index < -0.39 is 0 Å². The molecule has 1 heterocycles. The molecule has 0 atom stereocenters. The molecule has 0 aliphatic heterocycles. The molecular weight excluding hydrogens is 204 g/mol. The largest absolute Gasteiger partial charge is 0.375 e. The summed E-state index contributed by atoms with van der Waals surface area (Å²) in [5.41, 5.74) is 10.6. The maximum absolute atomic E-state index is 5.67. The minimum Gasteiger partial charge on any atom is -0.375 e. The van der Waals surface area contributed by atoms with Crippen molar-refractivity contribution in [1.82, 2.24) is 4.98 Å². The van der Waals surface area contributed by atoms with Crippen molar-refractivity contribution < 1.29 is 0 Å². The summed E-state index contributed by atoms with van der Waals surface area (Å²) in [6, 6.07) is 6.29. The Kier molecular flexibility index (Phi) is 2.49. The Bertz CT molecular complexity index is 534. The zero-order valence-electron chi connectivity index (χ0n) is 9.16. The van der Waals surface area contributed by atoms with Gasteiger partial charge in [-0.25, -0.2) is 4.98 Å². The van der Waals surface area contributed by atoms with Crippen LogP contribution in [0.1, 0.15) is 26.3 Å². The van der Waals surface area contributed by atoms with Crippen LogP contribution in [0.5, 0.6) is 0 Å². The fourth-order valence-electron chi connectivity index (χ4n) is 1.46. The van der Waals surface area contributed by atoms with E-state index in [1.807, 2.05) is 6.07 Å². The molecule has 3 heteroatoms. The number of nitrogen functional groups attached to an aromatic ring is 1. The van der Waals surface area contributed by atoms with Crippen molar-refractivity contribution in [2.45, 2.75) is 20.8 Å². The highest BCUT2D eigenvalue weighted by Gasteiger charge is 2.03. The Morgan fingerprint density at radius 1 is 1.27 bits per heavy atom. The zero-order valence-corrected chi connectivity index (χ0v) is 9.98. The molecule has 2 aromatic rings. The maximum Gasteiger partial charge on any atom is 0.181 e. The standard InChI is InChI=1S/C12H14N2S/c1-7(2)8(3)9-4-5-10-11(6-9)15-12(13)14-10/h4-6H,1-3H3,(H2,13,14). The molecule has 2 rings (SSSR count). The third-order valence-corrected chi connectivity index (χ3v) is 3.44. The van der Waals surface area contributed by atoms with Crippen LogP contribution >= 0.6 is 11.3 Å². The van der Waals surface area contributed by atoms with Gasteiger partial charge in [0, 0.05) is 0 Å². The van der Waals surface area contributed by atoms with Gasteiger partial charge in [0.25, 0.3) is 0 Å². The summed E-state index contributed by atoms with van der Waals surface area (Å²) < 4.78 is 1.16. The summed E-state index contributed by atoms with van der Waals surface area (Å²) in [6.45, 7) is 6.39. The molecule has 1 aromatic heterocycles. The van der Waals surface area contributed by atoms with Crippen LogP contribution in [0.25, 0.3) is 15.8 Å². The number of rotatable bonds is 1. The molecule has 2 N–H and O–H groups in total. The zero-order chi connectivity index (χ0) is 11.0. The molecule has 78 valence electrons. The van der Waals surface area contributed by atoms with Gasteiger partial charge in [-0.2, -0.15) is 0 Å². The number of hydrogen-bond donors (Lipinski definition) is 1. The normalized spacial score (nSPS) is 10.6. The second kappa shape index (κ2) is 3.66. The molecular formula is C12H14N2S. The number of nitrogens with zero attached hydrogens (tertiary/aromatic N) is 1. The molecule has 2 nitrogen and oxygen atoms in total. The summed E-state index contributed by atoms with van der Waals surface area (Å²) in [6.07, 6.45) is 0. The smallest absolute Gasteiger partial charge is 0.181 e. The lowest BCUT2D eigenvalue weighted by Gasteiger charge is -2.03. The summed E-state index contributed by atoms with van der Waals surface area (Å²) in [5, 5.41) is 0.636. The number of nitrogens with two attached hydrogens (primary N) is 1. The highest BCUT2D eigenvalue weighted by Crippen LogP contribution is 2.27. The summed E-state index contributed by atoms with van der Waals surface area (Å²) in [5.74, 6) is 0. The average Bonchev–Trinajstić information content (AvgIpc) is 2.55. The molecule has 0 bridgehead atoms. The van der Waals surface area contributed by atoms with Gasteiger partial charge < -0.3 is 5.73 Å². The van der Waals surface area contributed by atoms with Crippen LogP contribution in [0.3, 0.4) is 0 Å². The number of fused-ring (bicyclic) bond motifs is 1. The van der Waals surface area contributed by atoms with Crippen molar-refractivity contribution in [3.05, 3.63) is 29.3 Å². The van der Waals surface area contributed by atoms with Gasteiger partial charge >= 0.3 is 0 Å². The Balaban J connectivity index is 2.61. The molecule has 0 aliphatic rings. The van der Waals surface area contributed by atoms with Crippen molar-refractivity contribution in [2.75, 3.05) is 5.73 Å². The SMILES string of the molecule is CC(C)=C(C)c1ccc2nc(N)sc2c1. The highest BCUT2D eigenvalue weighted by molar-refractivity contribution is 7.22. The first-order valence-electron chi connectivity index (χ1n) is 4.88. The minimum atomic E-state index is 0.636. The Hall–Kier alpha value is -1.35. The van der Waals surface area contributed by atoms with Crippen molar-refractivity contribution in [3.63, 3.8) is 0 Å². The van der Waals surface area contributed by atoms with E-state index in [1.165, 1.54) is 28.0 Å². The lowest BCUT2D eigenvalue weighted by atomic mass is 10.0. The van der Waals surface area contributed by atoms with Gasteiger partial charge in [0.1, 0.15) is 0 Å². The van der Waals surface area contributed by atoms with E-state index in [9.17, 15) is 0 Å². The molecule has 0 radical (unpaired) electrons. The molecule has 1 aromatic carbocycles. The van der Waals surface area contributed by atoms with Crippen molar-refractivity contribution in [3.8, 4) is 0 Å². The predicted octanol–water partition coefficient (Wildman–Crippen LogP) is 3.69. The first-order chi connectivity index (χ1) is 7.08. The topological polar surface area (TPSA) is 38.9 Å². The number of hydrogen-bond acceptors (Lipinski definition) is 3. The van der Waals surface area contributed by atoms with Crippen molar-refractivity contribution in [1.29, 1.82) is 0 Å². The van der Waals surface area contributed by atoms with Crippen LogP contribution < -0.4 is 5.73 Å². The quantitative estimate of drug-likeness (QED) is 0.792. The summed E-state index contributed by atoms with van der Waals surface area (Å²) in [4.78, 5) is 4.24. The summed E-state index contributed by atoms with van der Waals surface area (Å²) >= 11 is 1.54. The number of allylic oxidation sites excluding steroid dienone is 2. The van der Waals surface area contributed by atoms with Crippen LogP contribution in [-0.4, -0.2) is 4.98 Å². The first-order valence-corrected chi connectivity index (χ1v) is 5.70. The van der Waals surface area contributed by atoms with Gasteiger partial charge in [-0.05, 0) is 44.0 Å². The molecule has 0 fully saturated rings. The molecule has 0 saturated carbocycles. The Morgan fingerprint density at radius 2 is 2.00 bits per heavy atom. The predicted molar refractivity (Wildman–Crippen MR) is 68.0 cm³/mol. The molecule has 0 aliphatic carbocycles. The second-order valence-electron chi connectivity index (χ2n) is 3.86. The lowest BCUT2D eigenvalue weighted by molar-refractivity contribution is 1.37. The molecule has 0 spiro atoms. The van der Waals surface area contributed by atoms with Gasteiger partial charge in [0.05, 0.1) is 10.2 Å². The third kappa shape index (κ3) is 1.88. The maximum atomic E-state index is 5.67. The molecule has 15 heavy (non-hydrogen) atoms. The highest BCUT2D eigenvalue weighted by atomic mass is 32.1. The third-order valence-electron chi connectivity index (χ3n) is 2.59. The Morgan fingerprint density at radius 3 is 2.67 bits per heavy atom. The number of benzene rings is 1. The summed E-state index contributed by atoms with van der Waals surface area (Å²) in [7, 11) is 0. The van der Waals surface area contributed by atoms with Gasteiger partial charge in [0.2, 0.25) is 0 Å². The fraction of sp³-hybridized carbons (Fsp3) is 0.250. The monoisotopic (exact) mass is 218 g/mol. The van der Waals surface area contributed by atoms with E-state index in [2.05, 4.69) is 37.9 Å². The van der Waals surface area contributed by atoms with E-state index in [1.54, 1.807) is 0 Å². The van der Waals surface area contributed by atoms with E-state index >= 15 is 0 Å². The van der Waals surface area contributed by atoms with Gasteiger partial charge in [-0.1, -0.05) is 23.0 Å². The average molecular weight is 218 g/mol.